The molecule has 0 amide bonds. The van der Waals surface area contributed by atoms with Crippen molar-refractivity contribution < 1.29 is 4.74 Å². The fourth-order valence-electron chi connectivity index (χ4n) is 4.55. The topological polar surface area (TPSA) is 31.8 Å². The highest BCUT2D eigenvalue weighted by Crippen LogP contribution is 2.35. The smallest absolute Gasteiger partial charge is 0.186 e. The minimum absolute atomic E-state index is 0.655. The molecule has 5 heterocycles. The van der Waals surface area contributed by atoms with E-state index in [0.717, 1.165) is 36.8 Å². The van der Waals surface area contributed by atoms with E-state index in [-0.39, 0.29) is 0 Å². The summed E-state index contributed by atoms with van der Waals surface area (Å²) in [6, 6.07) is 1.38. The molecule has 2 bridgehead atoms. The quantitative estimate of drug-likeness (QED) is 0.796. The Morgan fingerprint density at radius 3 is 2.64 bits per heavy atom. The van der Waals surface area contributed by atoms with Gasteiger partial charge in [0.25, 0.3) is 0 Å². The molecule has 1 aromatic rings. The van der Waals surface area contributed by atoms with Gasteiger partial charge >= 0.3 is 0 Å². The van der Waals surface area contributed by atoms with Crippen LogP contribution in [0.25, 0.3) is 0 Å². The van der Waals surface area contributed by atoms with E-state index in [9.17, 15) is 0 Å². The number of nitrogens with zero attached hydrogens (tertiary/aromatic N) is 4. The van der Waals surface area contributed by atoms with Gasteiger partial charge in [-0.2, -0.15) is 0 Å². The van der Waals surface area contributed by atoms with Crippen molar-refractivity contribution in [1.29, 1.82) is 0 Å². The first kappa shape index (κ1) is 18.0. The molecular weight excluding hydrogens is 356 g/mol. The van der Waals surface area contributed by atoms with E-state index in [1.807, 2.05) is 19.0 Å². The van der Waals surface area contributed by atoms with E-state index in [2.05, 4.69) is 14.8 Å². The number of ether oxygens (including phenoxy) is 1. The number of halogens is 1. The van der Waals surface area contributed by atoms with E-state index >= 15 is 0 Å². The molecule has 4 fully saturated rings. The summed E-state index contributed by atoms with van der Waals surface area (Å²) in [6.45, 7) is 6.49. The molecule has 0 aromatic carbocycles. The number of hydrogen-bond donors (Lipinski definition) is 0. The van der Waals surface area contributed by atoms with Crippen molar-refractivity contribution in [3.63, 3.8) is 0 Å². The second kappa shape index (κ2) is 7.69. The lowest BCUT2D eigenvalue weighted by molar-refractivity contribution is 0.0308. The molecule has 140 valence electrons. The number of rotatable bonds is 4. The Morgan fingerprint density at radius 1 is 1.12 bits per heavy atom. The maximum Gasteiger partial charge on any atom is 0.186 e. The third-order valence-corrected chi connectivity index (χ3v) is 7.56. The van der Waals surface area contributed by atoms with Crippen LogP contribution < -0.4 is 4.90 Å². The summed E-state index contributed by atoms with van der Waals surface area (Å²) in [5, 5.41) is 1.69. The van der Waals surface area contributed by atoms with E-state index in [1.54, 1.807) is 11.3 Å². The average molecular weight is 385 g/mol. The molecule has 0 aliphatic carbocycles. The largest absolute Gasteiger partial charge is 0.381 e. The lowest BCUT2D eigenvalue weighted by atomic mass is 9.95. The molecule has 0 N–H and O–H groups in total. The number of anilines is 1. The van der Waals surface area contributed by atoms with Gasteiger partial charge < -0.3 is 9.64 Å². The molecule has 0 radical (unpaired) electrons. The highest BCUT2D eigenvalue weighted by molar-refractivity contribution is 7.16. The Morgan fingerprint density at radius 2 is 1.92 bits per heavy atom. The highest BCUT2D eigenvalue weighted by atomic mass is 35.5. The first-order valence-corrected chi connectivity index (χ1v) is 10.7. The number of hydrogen-bond acceptors (Lipinski definition) is 6. The number of piperidine rings is 1. The van der Waals surface area contributed by atoms with E-state index in [1.165, 1.54) is 50.2 Å². The van der Waals surface area contributed by atoms with E-state index in [0.29, 0.717) is 11.2 Å². The minimum Gasteiger partial charge on any atom is -0.381 e. The Bertz CT molecular complexity index is 590. The van der Waals surface area contributed by atoms with Gasteiger partial charge in [-0.15, -0.1) is 0 Å². The van der Waals surface area contributed by atoms with Gasteiger partial charge in [0, 0.05) is 65.6 Å². The van der Waals surface area contributed by atoms with Crippen LogP contribution in [0.1, 0.15) is 30.6 Å². The molecule has 5 nitrogen and oxygen atoms in total. The van der Waals surface area contributed by atoms with Gasteiger partial charge in [-0.25, -0.2) is 4.98 Å². The van der Waals surface area contributed by atoms with Gasteiger partial charge in [-0.05, 0) is 31.6 Å². The Kier molecular flexibility index (Phi) is 5.53. The van der Waals surface area contributed by atoms with Crippen LogP contribution in [0.5, 0.6) is 0 Å². The molecule has 0 saturated carbocycles. The predicted molar refractivity (Wildman–Crippen MR) is 104 cm³/mol. The van der Waals surface area contributed by atoms with Gasteiger partial charge in [0.2, 0.25) is 0 Å². The molecule has 0 spiro atoms. The van der Waals surface area contributed by atoms with Crippen LogP contribution in [-0.2, 0) is 11.3 Å². The third kappa shape index (κ3) is 3.98. The number of aromatic nitrogens is 1. The van der Waals surface area contributed by atoms with Crippen molar-refractivity contribution >= 4 is 28.1 Å². The molecule has 0 unspecified atom stereocenters. The van der Waals surface area contributed by atoms with Crippen molar-refractivity contribution in [2.75, 3.05) is 51.8 Å². The molecule has 1 aromatic heterocycles. The second-order valence-electron chi connectivity index (χ2n) is 7.93. The fourth-order valence-corrected chi connectivity index (χ4v) is 5.76. The van der Waals surface area contributed by atoms with Crippen LogP contribution in [0.2, 0.25) is 5.15 Å². The van der Waals surface area contributed by atoms with Gasteiger partial charge in [0.05, 0.1) is 4.88 Å². The van der Waals surface area contributed by atoms with Crippen molar-refractivity contribution in [1.82, 2.24) is 14.8 Å². The summed E-state index contributed by atoms with van der Waals surface area (Å²) in [7, 11) is 4.05. The first-order chi connectivity index (χ1) is 12.1. The molecule has 5 rings (SSSR count). The van der Waals surface area contributed by atoms with Crippen molar-refractivity contribution in [3.8, 4) is 0 Å². The van der Waals surface area contributed by atoms with Crippen LogP contribution in [-0.4, -0.2) is 73.8 Å². The fraction of sp³-hybridized carbons (Fsp3) is 0.833. The molecule has 25 heavy (non-hydrogen) atoms. The van der Waals surface area contributed by atoms with Gasteiger partial charge in [-0.1, -0.05) is 22.9 Å². The number of fused-ring (bicyclic) bond motifs is 4. The summed E-state index contributed by atoms with van der Waals surface area (Å²) in [5.41, 5.74) is 0. The normalized spacial score (nSPS) is 29.1. The molecule has 2 atom stereocenters. The lowest BCUT2D eigenvalue weighted by Gasteiger charge is -2.36. The molecular formula is C18H29ClN4OS. The summed E-state index contributed by atoms with van der Waals surface area (Å²) in [4.78, 5) is 13.2. The van der Waals surface area contributed by atoms with Crippen molar-refractivity contribution in [3.05, 3.63) is 10.0 Å². The van der Waals surface area contributed by atoms with Crippen LogP contribution in [0.15, 0.2) is 0 Å². The minimum atomic E-state index is 0.655. The molecule has 4 saturated heterocycles. The zero-order valence-corrected chi connectivity index (χ0v) is 16.9. The average Bonchev–Trinajstić information content (AvgIpc) is 2.79. The maximum atomic E-state index is 6.42. The van der Waals surface area contributed by atoms with Crippen molar-refractivity contribution in [2.24, 2.45) is 5.92 Å². The zero-order chi connectivity index (χ0) is 17.4. The SMILES string of the molecule is CN(C)c1nc(Cl)c(CN2C[C@@H]3CC[C@H]2CN(C2CCOCC2)C3)s1. The molecule has 4 aliphatic rings. The van der Waals surface area contributed by atoms with Gasteiger partial charge in [0.1, 0.15) is 5.15 Å². The predicted octanol–water partition coefficient (Wildman–Crippen LogP) is 2.94. The van der Waals surface area contributed by atoms with Crippen LogP contribution in [0.3, 0.4) is 0 Å². The van der Waals surface area contributed by atoms with Crippen LogP contribution in [0, 0.1) is 5.92 Å². The van der Waals surface area contributed by atoms with Crippen LogP contribution in [0.4, 0.5) is 5.13 Å². The second-order valence-corrected chi connectivity index (χ2v) is 9.35. The Balaban J connectivity index is 1.45. The van der Waals surface area contributed by atoms with E-state index < -0.39 is 0 Å². The number of thiazole rings is 1. The van der Waals surface area contributed by atoms with Gasteiger partial charge in [0.15, 0.2) is 5.13 Å². The molecule has 7 heteroatoms. The third-order valence-electron chi connectivity index (χ3n) is 5.93. The monoisotopic (exact) mass is 384 g/mol. The first-order valence-electron chi connectivity index (χ1n) is 9.48. The summed E-state index contributed by atoms with van der Waals surface area (Å²) in [5.74, 6) is 0.793. The van der Waals surface area contributed by atoms with E-state index in [4.69, 9.17) is 16.3 Å². The van der Waals surface area contributed by atoms with Crippen molar-refractivity contribution in [2.45, 2.75) is 44.3 Å². The maximum absolute atomic E-state index is 6.42. The highest BCUT2D eigenvalue weighted by Gasteiger charge is 2.37. The zero-order valence-electron chi connectivity index (χ0n) is 15.3. The summed E-state index contributed by atoms with van der Waals surface area (Å²) < 4.78 is 5.56. The Labute approximate surface area is 159 Å². The van der Waals surface area contributed by atoms with Gasteiger partial charge in [-0.3, -0.25) is 9.80 Å². The summed E-state index contributed by atoms with van der Waals surface area (Å²) >= 11 is 8.16. The lowest BCUT2D eigenvalue weighted by Crippen LogP contribution is -2.45. The Hall–Kier alpha value is -0.400. The molecule has 4 aliphatic heterocycles. The standard InChI is InChI=1S/C18H29ClN4OS/c1-21(2)18-20-17(19)16(25-18)12-23-10-13-3-4-15(23)11-22(9-13)14-5-7-24-8-6-14/h13-15H,3-12H2,1-2H3/t13-,15+/m1/s1. The summed E-state index contributed by atoms with van der Waals surface area (Å²) in [6.07, 6.45) is 5.10. The van der Waals surface area contributed by atoms with Crippen LogP contribution >= 0.6 is 22.9 Å².